The highest BCUT2D eigenvalue weighted by molar-refractivity contribution is 5.95. The number of morpholine rings is 1. The van der Waals surface area contributed by atoms with Crippen LogP contribution < -0.4 is 0 Å². The van der Waals surface area contributed by atoms with Crippen molar-refractivity contribution < 1.29 is 9.53 Å². The van der Waals surface area contributed by atoms with Gasteiger partial charge in [-0.15, -0.1) is 0 Å². The highest BCUT2D eigenvalue weighted by Gasteiger charge is 2.39. The number of hydrogen-bond acceptors (Lipinski definition) is 4. The van der Waals surface area contributed by atoms with Crippen LogP contribution in [0.15, 0.2) is 6.20 Å². The van der Waals surface area contributed by atoms with Gasteiger partial charge in [-0.3, -0.25) is 14.4 Å². The minimum atomic E-state index is 0.151. The van der Waals surface area contributed by atoms with Gasteiger partial charge in [-0.2, -0.15) is 5.10 Å². The van der Waals surface area contributed by atoms with Gasteiger partial charge in [-0.1, -0.05) is 27.2 Å². The van der Waals surface area contributed by atoms with E-state index in [1.807, 2.05) is 10.9 Å². The summed E-state index contributed by atoms with van der Waals surface area (Å²) < 4.78 is 7.38. The number of aromatic nitrogens is 2. The lowest BCUT2D eigenvalue weighted by molar-refractivity contribution is 0.0103. The maximum absolute atomic E-state index is 13.2. The first-order chi connectivity index (χ1) is 12.0. The molecule has 1 aromatic heterocycles. The lowest BCUT2D eigenvalue weighted by atomic mass is 9.99. The molecule has 2 aliphatic heterocycles. The summed E-state index contributed by atoms with van der Waals surface area (Å²) in [5.74, 6) is 0.953. The van der Waals surface area contributed by atoms with Crippen LogP contribution in [0.3, 0.4) is 0 Å². The second kappa shape index (κ2) is 7.87. The molecule has 6 heteroatoms. The van der Waals surface area contributed by atoms with Crippen LogP contribution in [-0.4, -0.2) is 70.9 Å². The summed E-state index contributed by atoms with van der Waals surface area (Å²) >= 11 is 0. The Kier molecular flexibility index (Phi) is 5.79. The van der Waals surface area contributed by atoms with Crippen LogP contribution in [0.25, 0.3) is 0 Å². The maximum atomic E-state index is 13.2. The van der Waals surface area contributed by atoms with Gasteiger partial charge in [0, 0.05) is 45.0 Å². The van der Waals surface area contributed by atoms with E-state index in [4.69, 9.17) is 4.74 Å². The number of carbonyl (C=O) groups excluding carboxylic acids is 1. The molecule has 0 aliphatic carbocycles. The van der Waals surface area contributed by atoms with E-state index < -0.39 is 0 Å². The molecular formula is C19H32N4O2. The topological polar surface area (TPSA) is 50.6 Å². The van der Waals surface area contributed by atoms with Gasteiger partial charge in [0.25, 0.3) is 5.91 Å². The van der Waals surface area contributed by atoms with E-state index in [1.165, 1.54) is 0 Å². The van der Waals surface area contributed by atoms with E-state index in [0.29, 0.717) is 12.0 Å². The Labute approximate surface area is 151 Å². The summed E-state index contributed by atoms with van der Waals surface area (Å²) in [7, 11) is 0. The monoisotopic (exact) mass is 348 g/mol. The molecule has 25 heavy (non-hydrogen) atoms. The van der Waals surface area contributed by atoms with Gasteiger partial charge >= 0.3 is 0 Å². The molecule has 0 saturated carbocycles. The van der Waals surface area contributed by atoms with Gasteiger partial charge in [0.1, 0.15) is 0 Å². The standard InChI is InChI=1S/C19H32N4O2/c1-5-15-11-22(13-17(15)21-7-9-25-10-8-21)19(24)16-12-23(6-2)20-18(16)14(3)4/h12,14-15,17H,5-11,13H2,1-4H3/t15-,17+/m0/s1. The number of hydrogen-bond donors (Lipinski definition) is 0. The first-order valence-electron chi connectivity index (χ1n) is 9.73. The van der Waals surface area contributed by atoms with Crippen molar-refractivity contribution in [2.75, 3.05) is 39.4 Å². The number of amides is 1. The minimum absolute atomic E-state index is 0.151. The second-order valence-electron chi connectivity index (χ2n) is 7.53. The Morgan fingerprint density at radius 1 is 1.28 bits per heavy atom. The van der Waals surface area contributed by atoms with Crippen LogP contribution in [0.1, 0.15) is 56.1 Å². The predicted molar refractivity (Wildman–Crippen MR) is 97.9 cm³/mol. The zero-order valence-corrected chi connectivity index (χ0v) is 16.1. The average molecular weight is 348 g/mol. The Morgan fingerprint density at radius 2 is 2.00 bits per heavy atom. The van der Waals surface area contributed by atoms with Crippen molar-refractivity contribution in [2.24, 2.45) is 5.92 Å². The Balaban J connectivity index is 1.77. The van der Waals surface area contributed by atoms with Crippen LogP contribution in [0, 0.1) is 5.92 Å². The molecule has 2 fully saturated rings. The summed E-state index contributed by atoms with van der Waals surface area (Å²) in [5.41, 5.74) is 1.71. The maximum Gasteiger partial charge on any atom is 0.257 e. The van der Waals surface area contributed by atoms with E-state index in [0.717, 1.165) is 63.6 Å². The van der Waals surface area contributed by atoms with Crippen LogP contribution in [0.2, 0.25) is 0 Å². The Hall–Kier alpha value is -1.40. The Morgan fingerprint density at radius 3 is 2.60 bits per heavy atom. The highest BCUT2D eigenvalue weighted by atomic mass is 16.5. The van der Waals surface area contributed by atoms with Crippen molar-refractivity contribution in [3.8, 4) is 0 Å². The fourth-order valence-corrected chi connectivity index (χ4v) is 4.10. The molecule has 1 amide bonds. The quantitative estimate of drug-likeness (QED) is 0.819. The first kappa shape index (κ1) is 18.4. The number of ether oxygens (including phenoxy) is 1. The molecule has 0 bridgehead atoms. The number of nitrogens with zero attached hydrogens (tertiary/aromatic N) is 4. The molecule has 2 aliphatic rings. The lowest BCUT2D eigenvalue weighted by Gasteiger charge is -2.34. The van der Waals surface area contributed by atoms with Crippen molar-refractivity contribution in [3.05, 3.63) is 17.5 Å². The van der Waals surface area contributed by atoms with Gasteiger partial charge in [0.05, 0.1) is 24.5 Å². The van der Waals surface area contributed by atoms with E-state index in [-0.39, 0.29) is 11.8 Å². The summed E-state index contributed by atoms with van der Waals surface area (Å²) in [6.07, 6.45) is 3.04. The fourth-order valence-electron chi connectivity index (χ4n) is 4.10. The number of likely N-dealkylation sites (tertiary alicyclic amines) is 1. The second-order valence-corrected chi connectivity index (χ2v) is 7.53. The molecular weight excluding hydrogens is 316 g/mol. The molecule has 0 spiro atoms. The van der Waals surface area contributed by atoms with Gasteiger partial charge in [0.15, 0.2) is 0 Å². The van der Waals surface area contributed by atoms with Gasteiger partial charge in [-0.05, 0) is 18.8 Å². The minimum Gasteiger partial charge on any atom is -0.379 e. The fraction of sp³-hybridized carbons (Fsp3) is 0.789. The molecule has 1 aromatic rings. The molecule has 0 N–H and O–H groups in total. The average Bonchev–Trinajstić information content (AvgIpc) is 3.26. The van der Waals surface area contributed by atoms with Crippen LogP contribution in [0.5, 0.6) is 0 Å². The summed E-state index contributed by atoms with van der Waals surface area (Å²) in [6.45, 7) is 14.6. The third kappa shape index (κ3) is 3.75. The zero-order chi connectivity index (χ0) is 18.0. The van der Waals surface area contributed by atoms with Crippen molar-refractivity contribution >= 4 is 5.91 Å². The highest BCUT2D eigenvalue weighted by Crippen LogP contribution is 2.28. The van der Waals surface area contributed by atoms with E-state index >= 15 is 0 Å². The van der Waals surface area contributed by atoms with Gasteiger partial charge in [-0.25, -0.2) is 0 Å². The van der Waals surface area contributed by atoms with Gasteiger partial charge in [0.2, 0.25) is 0 Å². The van der Waals surface area contributed by atoms with Crippen LogP contribution in [-0.2, 0) is 11.3 Å². The summed E-state index contributed by atoms with van der Waals surface area (Å²) in [6, 6.07) is 0.460. The zero-order valence-electron chi connectivity index (χ0n) is 16.1. The van der Waals surface area contributed by atoms with E-state index in [1.54, 1.807) is 0 Å². The van der Waals surface area contributed by atoms with Crippen molar-refractivity contribution in [1.82, 2.24) is 19.6 Å². The van der Waals surface area contributed by atoms with Gasteiger partial charge < -0.3 is 9.64 Å². The molecule has 6 nitrogen and oxygen atoms in total. The largest absolute Gasteiger partial charge is 0.379 e. The molecule has 140 valence electrons. The first-order valence-corrected chi connectivity index (χ1v) is 9.73. The predicted octanol–water partition coefficient (Wildman–Crippen LogP) is 2.21. The van der Waals surface area contributed by atoms with Crippen molar-refractivity contribution in [3.63, 3.8) is 0 Å². The molecule has 0 unspecified atom stereocenters. The van der Waals surface area contributed by atoms with Crippen molar-refractivity contribution in [1.29, 1.82) is 0 Å². The summed E-state index contributed by atoms with van der Waals surface area (Å²) in [4.78, 5) is 17.8. The number of aryl methyl sites for hydroxylation is 1. The van der Waals surface area contributed by atoms with E-state index in [2.05, 4.69) is 42.6 Å². The molecule has 3 rings (SSSR count). The molecule has 3 heterocycles. The van der Waals surface area contributed by atoms with Crippen LogP contribution in [0.4, 0.5) is 0 Å². The third-order valence-corrected chi connectivity index (χ3v) is 5.62. The SMILES string of the molecule is CC[C@H]1CN(C(=O)c2cn(CC)nc2C(C)C)C[C@H]1N1CCOCC1. The molecule has 0 aromatic carbocycles. The van der Waals surface area contributed by atoms with E-state index in [9.17, 15) is 4.79 Å². The summed E-state index contributed by atoms with van der Waals surface area (Å²) in [5, 5.41) is 4.61. The molecule has 2 saturated heterocycles. The normalized spacial score (nSPS) is 25.1. The Bertz CT molecular complexity index is 592. The lowest BCUT2D eigenvalue weighted by Crippen LogP contribution is -2.47. The van der Waals surface area contributed by atoms with Crippen molar-refractivity contribution in [2.45, 2.75) is 52.6 Å². The smallest absolute Gasteiger partial charge is 0.257 e. The number of carbonyl (C=O) groups is 1. The molecule has 2 atom stereocenters. The molecule has 0 radical (unpaired) electrons. The van der Waals surface area contributed by atoms with Crippen LogP contribution >= 0.6 is 0 Å². The number of rotatable bonds is 5. The third-order valence-electron chi connectivity index (χ3n) is 5.62.